The molecule has 1 aliphatic heterocycles. The molecule has 3 rings (SSSR count). The van der Waals surface area contributed by atoms with Crippen LogP contribution in [0.15, 0.2) is 18.2 Å². The Bertz CT molecular complexity index is 688. The van der Waals surface area contributed by atoms with Crippen LogP contribution >= 0.6 is 23.2 Å². The van der Waals surface area contributed by atoms with Gasteiger partial charge >= 0.3 is 5.97 Å². The summed E-state index contributed by atoms with van der Waals surface area (Å²) in [5.74, 6) is -0.660. The fraction of sp³-hybridized carbons (Fsp3) is 0.500. The predicted octanol–water partition coefficient (Wildman–Crippen LogP) is 4.05. The summed E-state index contributed by atoms with van der Waals surface area (Å²) < 4.78 is 5.54. The van der Waals surface area contributed by atoms with Crippen molar-refractivity contribution in [3.05, 3.63) is 28.2 Å². The van der Waals surface area contributed by atoms with E-state index in [1.807, 2.05) is 20.8 Å². The van der Waals surface area contributed by atoms with Crippen molar-refractivity contribution < 1.29 is 14.3 Å². The van der Waals surface area contributed by atoms with Gasteiger partial charge in [-0.05, 0) is 38.0 Å². The second-order valence-corrected chi connectivity index (χ2v) is 7.60. The predicted molar refractivity (Wildman–Crippen MR) is 85.0 cm³/mol. The molecule has 0 radical (unpaired) electrons. The molecule has 118 valence electrons. The number of nitrogens with one attached hydrogen (secondary N) is 1. The van der Waals surface area contributed by atoms with Crippen molar-refractivity contribution in [1.29, 1.82) is 0 Å². The minimum atomic E-state index is -1.16. The third kappa shape index (κ3) is 1.77. The Labute approximate surface area is 139 Å². The summed E-state index contributed by atoms with van der Waals surface area (Å²) in [5.41, 5.74) is -1.97. The van der Waals surface area contributed by atoms with Crippen molar-refractivity contribution in [3.63, 3.8) is 0 Å². The molecule has 1 heterocycles. The number of ether oxygens (including phenoxy) is 1. The molecule has 0 aromatic heterocycles. The number of rotatable bonds is 2. The minimum absolute atomic E-state index is 0.309. The number of carbonyl (C=O) groups excluding carboxylic acids is 2. The molecule has 22 heavy (non-hydrogen) atoms. The maximum atomic E-state index is 12.9. The number of esters is 1. The van der Waals surface area contributed by atoms with E-state index in [1.165, 1.54) is 0 Å². The highest BCUT2D eigenvalue weighted by molar-refractivity contribution is 6.35. The number of carbonyl (C=O) groups is 2. The van der Waals surface area contributed by atoms with E-state index < -0.39 is 16.4 Å². The van der Waals surface area contributed by atoms with Crippen LogP contribution in [0.3, 0.4) is 0 Å². The van der Waals surface area contributed by atoms with E-state index >= 15 is 0 Å². The van der Waals surface area contributed by atoms with Crippen LogP contribution in [0.5, 0.6) is 0 Å². The van der Waals surface area contributed by atoms with Gasteiger partial charge in [-0.1, -0.05) is 37.0 Å². The minimum Gasteiger partial charge on any atom is -0.448 e. The van der Waals surface area contributed by atoms with E-state index in [4.69, 9.17) is 27.9 Å². The Hall–Kier alpha value is -1.26. The lowest BCUT2D eigenvalue weighted by Gasteiger charge is -2.35. The van der Waals surface area contributed by atoms with Crippen molar-refractivity contribution in [2.45, 2.75) is 39.2 Å². The normalized spacial score (nSPS) is 32.0. The van der Waals surface area contributed by atoms with Gasteiger partial charge in [-0.3, -0.25) is 9.59 Å². The number of hydrogen-bond donors (Lipinski definition) is 1. The van der Waals surface area contributed by atoms with E-state index in [-0.39, 0.29) is 11.9 Å². The lowest BCUT2D eigenvalue weighted by Crippen LogP contribution is -2.50. The first kappa shape index (κ1) is 15.6. The molecule has 1 saturated heterocycles. The van der Waals surface area contributed by atoms with Gasteiger partial charge in [0, 0.05) is 10.4 Å². The van der Waals surface area contributed by atoms with Crippen LogP contribution in [0, 0.1) is 10.8 Å². The molecular weight excluding hydrogens is 325 g/mol. The van der Waals surface area contributed by atoms with Gasteiger partial charge in [0.05, 0.1) is 16.1 Å². The summed E-state index contributed by atoms with van der Waals surface area (Å²) in [6.45, 7) is 5.68. The van der Waals surface area contributed by atoms with Crippen LogP contribution in [-0.4, -0.2) is 17.5 Å². The summed E-state index contributed by atoms with van der Waals surface area (Å²) in [4.78, 5) is 25.1. The third-order valence-electron chi connectivity index (χ3n) is 5.63. The molecule has 4 nitrogen and oxygen atoms in total. The van der Waals surface area contributed by atoms with Crippen LogP contribution in [0.25, 0.3) is 0 Å². The number of amides is 1. The Balaban J connectivity index is 1.96. The summed E-state index contributed by atoms with van der Waals surface area (Å²) in [7, 11) is 0. The molecule has 1 aromatic carbocycles. The fourth-order valence-electron chi connectivity index (χ4n) is 3.56. The van der Waals surface area contributed by atoms with Gasteiger partial charge < -0.3 is 10.1 Å². The molecule has 2 fully saturated rings. The lowest BCUT2D eigenvalue weighted by atomic mass is 9.66. The Morgan fingerprint density at radius 3 is 2.45 bits per heavy atom. The van der Waals surface area contributed by atoms with Gasteiger partial charge in [0.2, 0.25) is 0 Å². The average Bonchev–Trinajstić information content (AvgIpc) is 2.73. The lowest BCUT2D eigenvalue weighted by molar-refractivity contribution is -0.165. The number of halogens is 2. The summed E-state index contributed by atoms with van der Waals surface area (Å²) >= 11 is 12.0. The highest BCUT2D eigenvalue weighted by Crippen LogP contribution is 2.65. The summed E-state index contributed by atoms with van der Waals surface area (Å²) in [6, 6.07) is 4.84. The summed E-state index contributed by atoms with van der Waals surface area (Å²) in [5, 5.41) is 3.63. The molecule has 1 amide bonds. The Morgan fingerprint density at radius 1 is 1.23 bits per heavy atom. The number of hydrogen-bond acceptors (Lipinski definition) is 3. The maximum Gasteiger partial charge on any atom is 0.313 e. The molecule has 0 spiro atoms. The van der Waals surface area contributed by atoms with Crippen LogP contribution in [0.4, 0.5) is 5.69 Å². The van der Waals surface area contributed by atoms with Crippen molar-refractivity contribution >= 4 is 40.8 Å². The van der Waals surface area contributed by atoms with E-state index in [0.717, 1.165) is 0 Å². The Kier molecular flexibility index (Phi) is 3.28. The zero-order valence-electron chi connectivity index (χ0n) is 12.6. The van der Waals surface area contributed by atoms with Gasteiger partial charge in [-0.2, -0.15) is 0 Å². The van der Waals surface area contributed by atoms with Crippen LogP contribution in [-0.2, 0) is 14.3 Å². The molecule has 1 N–H and O–H groups in total. The molecule has 1 aromatic rings. The van der Waals surface area contributed by atoms with Crippen molar-refractivity contribution in [2.24, 2.45) is 10.8 Å². The fourth-order valence-corrected chi connectivity index (χ4v) is 3.90. The van der Waals surface area contributed by atoms with E-state index in [1.54, 1.807) is 18.2 Å². The highest BCUT2D eigenvalue weighted by Gasteiger charge is 2.75. The molecule has 2 aliphatic rings. The quantitative estimate of drug-likeness (QED) is 0.825. The van der Waals surface area contributed by atoms with E-state index in [9.17, 15) is 9.59 Å². The van der Waals surface area contributed by atoms with Crippen molar-refractivity contribution in [1.82, 2.24) is 0 Å². The second kappa shape index (κ2) is 4.62. The molecule has 6 heteroatoms. The third-order valence-corrected chi connectivity index (χ3v) is 6.19. The molecule has 1 aliphatic carbocycles. The SMILES string of the molecule is CC1(C)[C@]2(C)CC[C@]1(C(=O)Nc1cc(Cl)ccc1Cl)OC2=O. The first-order valence-corrected chi connectivity index (χ1v) is 7.90. The average molecular weight is 342 g/mol. The van der Waals surface area contributed by atoms with Crippen LogP contribution in [0.2, 0.25) is 10.0 Å². The standard InChI is InChI=1S/C16H17Cl2NO3/c1-14(2)15(3)6-7-16(14,22-13(15)21)12(20)19-11-8-9(17)4-5-10(11)18/h4-5,8H,6-7H2,1-3H3,(H,19,20)/t15-,16-/m1/s1. The number of anilines is 1. The Morgan fingerprint density at radius 2 is 1.91 bits per heavy atom. The molecule has 0 unspecified atom stereocenters. The molecule has 2 atom stereocenters. The van der Waals surface area contributed by atoms with Gasteiger partial charge in [0.15, 0.2) is 5.60 Å². The van der Waals surface area contributed by atoms with Crippen molar-refractivity contribution in [3.8, 4) is 0 Å². The first-order chi connectivity index (χ1) is 10.1. The summed E-state index contributed by atoms with van der Waals surface area (Å²) in [6.07, 6.45) is 1.14. The number of benzene rings is 1. The maximum absolute atomic E-state index is 12.9. The van der Waals surface area contributed by atoms with Gasteiger partial charge in [-0.15, -0.1) is 0 Å². The van der Waals surface area contributed by atoms with Gasteiger partial charge in [0.1, 0.15) is 0 Å². The van der Waals surface area contributed by atoms with Gasteiger partial charge in [0.25, 0.3) is 5.91 Å². The van der Waals surface area contributed by atoms with Crippen LogP contribution in [0.1, 0.15) is 33.6 Å². The first-order valence-electron chi connectivity index (χ1n) is 7.14. The van der Waals surface area contributed by atoms with E-state index in [2.05, 4.69) is 5.32 Å². The zero-order valence-corrected chi connectivity index (χ0v) is 14.1. The smallest absolute Gasteiger partial charge is 0.313 e. The molecular formula is C16H17Cl2NO3. The zero-order chi connectivity index (χ0) is 16.3. The van der Waals surface area contributed by atoms with E-state index in [0.29, 0.717) is 28.6 Å². The topological polar surface area (TPSA) is 55.4 Å². The van der Waals surface area contributed by atoms with Crippen LogP contribution < -0.4 is 5.32 Å². The second-order valence-electron chi connectivity index (χ2n) is 6.75. The monoisotopic (exact) mass is 341 g/mol. The number of fused-ring (bicyclic) bond motifs is 2. The highest BCUT2D eigenvalue weighted by atomic mass is 35.5. The van der Waals surface area contributed by atoms with Gasteiger partial charge in [-0.25, -0.2) is 0 Å². The van der Waals surface area contributed by atoms with Crippen molar-refractivity contribution in [2.75, 3.05) is 5.32 Å². The molecule has 2 bridgehead atoms. The molecule has 1 saturated carbocycles. The largest absolute Gasteiger partial charge is 0.448 e.